The van der Waals surface area contributed by atoms with Crippen LogP contribution in [-0.2, 0) is 28.7 Å². The van der Waals surface area contributed by atoms with Gasteiger partial charge in [0.15, 0.2) is 17.6 Å². The predicted molar refractivity (Wildman–Crippen MR) is 134 cm³/mol. The van der Waals surface area contributed by atoms with Crippen LogP contribution in [0, 0.1) is 51.1 Å². The Kier molecular flexibility index (Phi) is 7.57. The third kappa shape index (κ3) is 4.59. The van der Waals surface area contributed by atoms with Gasteiger partial charge in [-0.25, -0.2) is 0 Å². The fourth-order valence-electron chi connectivity index (χ4n) is 7.45. The summed E-state index contributed by atoms with van der Waals surface area (Å²) in [5, 5.41) is 10.6. The number of carbonyl (C=O) groups excluding carboxylic acids is 4. The van der Waals surface area contributed by atoms with Gasteiger partial charge in [0.2, 0.25) is 0 Å². The zero-order chi connectivity index (χ0) is 27.0. The number of rotatable bonds is 5. The van der Waals surface area contributed by atoms with Gasteiger partial charge in [-0.15, -0.1) is 0 Å². The minimum absolute atomic E-state index is 0.0254. The molecule has 0 amide bonds. The maximum Gasteiger partial charge on any atom is 0.317 e. The lowest BCUT2D eigenvalue weighted by Gasteiger charge is -2.61. The van der Waals surface area contributed by atoms with Gasteiger partial charge in [-0.3, -0.25) is 19.2 Å². The fourth-order valence-corrected chi connectivity index (χ4v) is 7.70. The van der Waals surface area contributed by atoms with Crippen LogP contribution in [-0.4, -0.2) is 42.5 Å². The Morgan fingerprint density at radius 2 is 2.03 bits per heavy atom. The number of furan rings is 1. The molecule has 7 atom stereocenters. The Hall–Kier alpha value is -3.04. The van der Waals surface area contributed by atoms with Crippen LogP contribution < -0.4 is 0 Å². The van der Waals surface area contributed by atoms with Crippen molar-refractivity contribution in [3.05, 3.63) is 23.7 Å². The maximum atomic E-state index is 14.1. The summed E-state index contributed by atoms with van der Waals surface area (Å²) in [6.45, 7) is 5.62. The number of hydrogen-bond acceptors (Lipinski definition) is 9. The number of carbonyl (C=O) groups is 4. The predicted octanol–water partition coefficient (Wildman–Crippen LogP) is 4.02. The second-order valence-electron chi connectivity index (χ2n) is 10.8. The largest absolute Gasteiger partial charge is 0.469 e. The Morgan fingerprint density at radius 1 is 1.27 bits per heavy atom. The third-order valence-electron chi connectivity index (χ3n) is 8.84. The smallest absolute Gasteiger partial charge is 0.317 e. The number of Topliss-reactive ketones (excluding diaryl/α,β-unsaturated/α-hetero) is 2. The van der Waals surface area contributed by atoms with Crippen LogP contribution in [0.1, 0.15) is 70.1 Å². The highest BCUT2D eigenvalue weighted by molar-refractivity contribution is 8.04. The molecule has 1 heterocycles. The van der Waals surface area contributed by atoms with Crippen molar-refractivity contribution in [3.63, 3.8) is 0 Å². The van der Waals surface area contributed by atoms with Gasteiger partial charge >= 0.3 is 11.9 Å². The summed E-state index contributed by atoms with van der Waals surface area (Å²) in [4.78, 5) is 53.1. The van der Waals surface area contributed by atoms with E-state index in [0.29, 0.717) is 31.4 Å². The summed E-state index contributed by atoms with van der Waals surface area (Å²) in [6.07, 6.45) is 2.40. The number of esters is 2. The Bertz CT molecular complexity index is 1220. The van der Waals surface area contributed by atoms with Gasteiger partial charge < -0.3 is 13.9 Å². The number of nitrogens with zero attached hydrogens (tertiary/aromatic N) is 1. The molecule has 7 unspecified atom stereocenters. The van der Waals surface area contributed by atoms with Crippen molar-refractivity contribution in [1.82, 2.24) is 0 Å². The summed E-state index contributed by atoms with van der Waals surface area (Å²) in [7, 11) is 1.31. The highest BCUT2D eigenvalue weighted by atomic mass is 32.2. The summed E-state index contributed by atoms with van der Waals surface area (Å²) < 4.78 is 16.2. The molecule has 0 aromatic carbocycles. The van der Waals surface area contributed by atoms with E-state index in [2.05, 4.69) is 11.8 Å². The maximum absolute atomic E-state index is 14.1. The first-order valence-corrected chi connectivity index (χ1v) is 13.4. The Balaban J connectivity index is 1.76. The number of hydrogen-bond donors (Lipinski definition) is 0. The molecule has 0 radical (unpaired) electrons. The van der Waals surface area contributed by atoms with E-state index in [9.17, 15) is 19.2 Å². The highest BCUT2D eigenvalue weighted by Gasteiger charge is 2.67. The lowest BCUT2D eigenvalue weighted by molar-refractivity contribution is -0.193. The number of methoxy groups -OCH3 is 1. The molecule has 0 saturated heterocycles. The molecule has 3 saturated carbocycles. The first kappa shape index (κ1) is 27.0. The van der Waals surface area contributed by atoms with E-state index in [-0.39, 0.29) is 35.6 Å². The van der Waals surface area contributed by atoms with Crippen LogP contribution in [0.15, 0.2) is 16.7 Å². The summed E-state index contributed by atoms with van der Waals surface area (Å²) in [5.41, 5.74) is -0.680. The molecule has 1 aromatic rings. The average Bonchev–Trinajstić information content (AvgIpc) is 3.31. The van der Waals surface area contributed by atoms with Gasteiger partial charge in [-0.2, -0.15) is 5.26 Å². The molecule has 9 heteroatoms. The van der Waals surface area contributed by atoms with Gasteiger partial charge in [0.1, 0.15) is 16.9 Å². The molecular formula is C28H31NO7S. The van der Waals surface area contributed by atoms with Crippen LogP contribution in [0.2, 0.25) is 0 Å². The van der Waals surface area contributed by atoms with Crippen molar-refractivity contribution in [1.29, 1.82) is 5.26 Å². The number of fused-ring (bicyclic) bond motifs is 3. The molecule has 3 fully saturated rings. The molecular weight excluding hydrogens is 494 g/mol. The highest BCUT2D eigenvalue weighted by Crippen LogP contribution is 2.65. The molecule has 0 spiro atoms. The van der Waals surface area contributed by atoms with E-state index in [1.807, 2.05) is 25.3 Å². The third-order valence-corrected chi connectivity index (χ3v) is 9.35. The van der Waals surface area contributed by atoms with Crippen LogP contribution >= 0.6 is 11.8 Å². The number of ketones is 2. The van der Waals surface area contributed by atoms with E-state index in [1.54, 1.807) is 13.2 Å². The molecule has 37 heavy (non-hydrogen) atoms. The van der Waals surface area contributed by atoms with E-state index in [0.717, 1.165) is 17.3 Å². The SMILES string of the molecule is CC#Cc1occc1C1CC(=O)C2CCC3(C)C(C(=O)OC)CC(OC(=O)CSC#N)C(=O)C3C2(C)C1. The quantitative estimate of drug-likeness (QED) is 0.318. The van der Waals surface area contributed by atoms with Gasteiger partial charge in [0, 0.05) is 30.2 Å². The zero-order valence-corrected chi connectivity index (χ0v) is 22.3. The first-order valence-electron chi connectivity index (χ1n) is 12.5. The Morgan fingerprint density at radius 3 is 2.70 bits per heavy atom. The fraction of sp³-hybridized carbons (Fsp3) is 0.607. The molecule has 0 N–H and O–H groups in total. The molecule has 3 aliphatic carbocycles. The van der Waals surface area contributed by atoms with Gasteiger partial charge in [-0.1, -0.05) is 19.8 Å². The minimum atomic E-state index is -1.14. The van der Waals surface area contributed by atoms with E-state index in [4.69, 9.17) is 19.2 Å². The molecule has 1 aromatic heterocycles. The second kappa shape index (κ2) is 10.4. The van der Waals surface area contributed by atoms with Crippen LogP contribution in [0.4, 0.5) is 0 Å². The van der Waals surface area contributed by atoms with E-state index < -0.39 is 40.7 Å². The second-order valence-corrected chi connectivity index (χ2v) is 11.5. The van der Waals surface area contributed by atoms with Crippen molar-refractivity contribution in [2.45, 2.75) is 64.9 Å². The van der Waals surface area contributed by atoms with Crippen LogP contribution in [0.3, 0.4) is 0 Å². The summed E-state index contributed by atoms with van der Waals surface area (Å²) in [5.74, 6) is 2.88. The van der Waals surface area contributed by atoms with Crippen molar-refractivity contribution in [2.75, 3.05) is 12.9 Å². The average molecular weight is 526 g/mol. The van der Waals surface area contributed by atoms with Crippen molar-refractivity contribution in [2.24, 2.45) is 28.6 Å². The molecule has 196 valence electrons. The minimum Gasteiger partial charge on any atom is -0.469 e. The number of thiocyanates is 1. The molecule has 0 bridgehead atoms. The molecule has 8 nitrogen and oxygen atoms in total. The van der Waals surface area contributed by atoms with E-state index >= 15 is 0 Å². The van der Waals surface area contributed by atoms with Crippen molar-refractivity contribution in [3.8, 4) is 17.2 Å². The summed E-state index contributed by atoms with van der Waals surface area (Å²) in [6, 6.07) is 1.83. The zero-order valence-electron chi connectivity index (χ0n) is 21.5. The van der Waals surface area contributed by atoms with Crippen molar-refractivity contribution < 1.29 is 33.1 Å². The Labute approximate surface area is 220 Å². The lowest BCUT2D eigenvalue weighted by atomic mass is 9.41. The lowest BCUT2D eigenvalue weighted by Crippen LogP contribution is -2.64. The molecule has 0 aliphatic heterocycles. The monoisotopic (exact) mass is 525 g/mol. The van der Waals surface area contributed by atoms with Crippen LogP contribution in [0.25, 0.3) is 0 Å². The van der Waals surface area contributed by atoms with Gasteiger partial charge in [-0.05, 0) is 66.7 Å². The normalized spacial score (nSPS) is 34.7. The van der Waals surface area contributed by atoms with Gasteiger partial charge in [0.05, 0.1) is 19.3 Å². The number of nitriles is 1. The number of thioether (sulfide) groups is 1. The topological polar surface area (TPSA) is 124 Å². The summed E-state index contributed by atoms with van der Waals surface area (Å²) >= 11 is 0.725. The van der Waals surface area contributed by atoms with Gasteiger partial charge in [0.25, 0.3) is 0 Å². The molecule has 3 aliphatic rings. The van der Waals surface area contributed by atoms with E-state index in [1.165, 1.54) is 7.11 Å². The molecule has 4 rings (SSSR count). The van der Waals surface area contributed by atoms with Crippen molar-refractivity contribution >= 4 is 35.3 Å². The van der Waals surface area contributed by atoms with Crippen LogP contribution in [0.5, 0.6) is 0 Å². The standard InChI is InChI=1S/C28H31NO7S/c1-5-6-21-17(8-10-35-21)16-11-20(30)18-7-9-27(2)19(26(33)34-4)12-22(36-23(31)14-37-15-29)24(32)25(27)28(18,3)13-16/h8,10,16,18-19,22,25H,7,9,11-14H2,1-4H3. The number of ether oxygens (including phenoxy) is 2. The first-order chi connectivity index (χ1) is 17.6.